The number of furan rings is 1. The third kappa shape index (κ3) is 2.46. The van der Waals surface area contributed by atoms with Gasteiger partial charge in [0.05, 0.1) is 6.26 Å². The number of thioether (sulfide) groups is 1. The first-order valence-corrected chi connectivity index (χ1v) is 4.61. The molecule has 1 nitrogen and oxygen atoms in total. The van der Waals surface area contributed by atoms with E-state index in [1.54, 1.807) is 6.26 Å². The molecule has 0 saturated heterocycles. The maximum Gasteiger partial charge on any atom is 0.114 e. The second-order valence-electron chi connectivity index (χ2n) is 2.27. The minimum absolute atomic E-state index is 1.01. The van der Waals surface area contributed by atoms with Gasteiger partial charge in [-0.25, -0.2) is 0 Å². The fourth-order valence-electron chi connectivity index (χ4n) is 0.775. The molecule has 11 heavy (non-hydrogen) atoms. The maximum absolute atomic E-state index is 5.15. The molecular formula is C9H12OS. The Morgan fingerprint density at radius 2 is 2.55 bits per heavy atom. The lowest BCUT2D eigenvalue weighted by molar-refractivity contribution is 0.527. The number of rotatable bonds is 4. The first kappa shape index (κ1) is 8.47. The normalized spacial score (nSPS) is 9.91. The monoisotopic (exact) mass is 168 g/mol. The molecule has 0 radical (unpaired) electrons. The van der Waals surface area contributed by atoms with Gasteiger partial charge >= 0.3 is 0 Å². The molecule has 0 atom stereocenters. The van der Waals surface area contributed by atoms with E-state index < -0.39 is 0 Å². The summed E-state index contributed by atoms with van der Waals surface area (Å²) < 4.78 is 5.15. The fraction of sp³-hybridized carbons (Fsp3) is 0.333. The van der Waals surface area contributed by atoms with Gasteiger partial charge in [0.25, 0.3) is 0 Å². The van der Waals surface area contributed by atoms with Crippen LogP contribution in [-0.4, -0.2) is 5.75 Å². The van der Waals surface area contributed by atoms with Crippen LogP contribution in [0.3, 0.4) is 0 Å². The quantitative estimate of drug-likeness (QED) is 0.389. The van der Waals surface area contributed by atoms with Crippen LogP contribution in [-0.2, 0) is 0 Å². The summed E-state index contributed by atoms with van der Waals surface area (Å²) in [5.41, 5.74) is 0. The van der Waals surface area contributed by atoms with Gasteiger partial charge in [-0.05, 0) is 19.4 Å². The Hall–Kier alpha value is -0.630. The minimum atomic E-state index is 1.01. The highest BCUT2D eigenvalue weighted by Crippen LogP contribution is 2.23. The van der Waals surface area contributed by atoms with Crippen molar-refractivity contribution in [2.75, 3.05) is 5.75 Å². The van der Waals surface area contributed by atoms with E-state index in [1.165, 1.54) is 4.90 Å². The van der Waals surface area contributed by atoms with Gasteiger partial charge in [0.15, 0.2) is 0 Å². The largest absolute Gasteiger partial charge is 0.468 e. The van der Waals surface area contributed by atoms with Crippen molar-refractivity contribution in [3.63, 3.8) is 0 Å². The number of hydrogen-bond acceptors (Lipinski definition) is 2. The molecular weight excluding hydrogens is 156 g/mol. The van der Waals surface area contributed by atoms with E-state index in [0.717, 1.165) is 17.9 Å². The number of hydrogen-bond donors (Lipinski definition) is 0. The Labute approximate surface area is 71.5 Å². The topological polar surface area (TPSA) is 13.1 Å². The van der Waals surface area contributed by atoms with Crippen molar-refractivity contribution in [2.45, 2.75) is 18.2 Å². The predicted molar refractivity (Wildman–Crippen MR) is 49.0 cm³/mol. The van der Waals surface area contributed by atoms with Crippen LogP contribution in [0, 0.1) is 6.92 Å². The van der Waals surface area contributed by atoms with E-state index in [2.05, 4.69) is 6.58 Å². The Kier molecular flexibility index (Phi) is 3.30. The van der Waals surface area contributed by atoms with Gasteiger partial charge in [-0.1, -0.05) is 6.08 Å². The van der Waals surface area contributed by atoms with Gasteiger partial charge in [0.2, 0.25) is 0 Å². The van der Waals surface area contributed by atoms with Crippen LogP contribution >= 0.6 is 11.8 Å². The summed E-state index contributed by atoms with van der Waals surface area (Å²) in [6.07, 6.45) is 4.71. The van der Waals surface area contributed by atoms with Crippen molar-refractivity contribution >= 4 is 11.8 Å². The first-order valence-electron chi connectivity index (χ1n) is 3.62. The van der Waals surface area contributed by atoms with Crippen LogP contribution in [0.15, 0.2) is 34.3 Å². The van der Waals surface area contributed by atoms with Gasteiger partial charge in [0, 0.05) is 10.6 Å². The summed E-state index contributed by atoms with van der Waals surface area (Å²) in [5.74, 6) is 2.10. The van der Waals surface area contributed by atoms with E-state index in [4.69, 9.17) is 4.42 Å². The second-order valence-corrected chi connectivity index (χ2v) is 3.40. The molecule has 0 N–H and O–H groups in total. The Balaban J connectivity index is 2.38. The molecule has 0 aliphatic rings. The molecule has 0 aromatic carbocycles. The highest BCUT2D eigenvalue weighted by molar-refractivity contribution is 7.99. The van der Waals surface area contributed by atoms with Crippen LogP contribution in [0.4, 0.5) is 0 Å². The van der Waals surface area contributed by atoms with Crippen LogP contribution in [0.5, 0.6) is 0 Å². The molecule has 0 unspecified atom stereocenters. The lowest BCUT2D eigenvalue weighted by Crippen LogP contribution is -1.75. The molecule has 0 spiro atoms. The standard InChI is InChI=1S/C9H12OS/c1-3-4-7-11-9-5-6-10-8(9)2/h3,5-6H,1,4,7H2,2H3. The van der Waals surface area contributed by atoms with Crippen LogP contribution < -0.4 is 0 Å². The van der Waals surface area contributed by atoms with Crippen LogP contribution in [0.25, 0.3) is 0 Å². The molecule has 0 saturated carbocycles. The van der Waals surface area contributed by atoms with Crippen molar-refractivity contribution in [1.82, 2.24) is 0 Å². The summed E-state index contributed by atoms with van der Waals surface area (Å²) in [6, 6.07) is 2.00. The molecule has 2 heteroatoms. The summed E-state index contributed by atoms with van der Waals surface area (Å²) in [5, 5.41) is 0. The van der Waals surface area contributed by atoms with Crippen molar-refractivity contribution in [1.29, 1.82) is 0 Å². The summed E-state index contributed by atoms with van der Waals surface area (Å²) >= 11 is 1.81. The molecule has 1 heterocycles. The highest BCUT2D eigenvalue weighted by atomic mass is 32.2. The summed E-state index contributed by atoms with van der Waals surface area (Å²) in [6.45, 7) is 5.65. The Morgan fingerprint density at radius 1 is 1.73 bits per heavy atom. The number of aryl methyl sites for hydroxylation is 1. The van der Waals surface area contributed by atoms with E-state index >= 15 is 0 Å². The lowest BCUT2D eigenvalue weighted by atomic mass is 10.5. The second kappa shape index (κ2) is 4.29. The molecule has 0 fully saturated rings. The Bertz CT molecular complexity index is 227. The van der Waals surface area contributed by atoms with Crippen molar-refractivity contribution in [2.24, 2.45) is 0 Å². The molecule has 0 aliphatic carbocycles. The molecule has 0 amide bonds. The summed E-state index contributed by atoms with van der Waals surface area (Å²) in [7, 11) is 0. The van der Waals surface area contributed by atoms with Gasteiger partial charge in [-0.2, -0.15) is 0 Å². The smallest absolute Gasteiger partial charge is 0.114 e. The zero-order valence-electron chi connectivity index (χ0n) is 6.67. The van der Waals surface area contributed by atoms with Crippen LogP contribution in [0.2, 0.25) is 0 Å². The van der Waals surface area contributed by atoms with E-state index in [1.807, 2.05) is 30.8 Å². The highest BCUT2D eigenvalue weighted by Gasteiger charge is 1.99. The van der Waals surface area contributed by atoms with Crippen molar-refractivity contribution < 1.29 is 4.42 Å². The molecule has 1 rings (SSSR count). The average Bonchev–Trinajstić information content (AvgIpc) is 2.37. The van der Waals surface area contributed by atoms with Crippen molar-refractivity contribution in [3.05, 3.63) is 30.7 Å². The summed E-state index contributed by atoms with van der Waals surface area (Å²) in [4.78, 5) is 1.24. The zero-order valence-corrected chi connectivity index (χ0v) is 7.49. The molecule has 0 bridgehead atoms. The fourth-order valence-corrected chi connectivity index (χ4v) is 1.68. The SMILES string of the molecule is C=CCCSc1ccoc1C. The molecule has 1 aromatic heterocycles. The van der Waals surface area contributed by atoms with Crippen LogP contribution in [0.1, 0.15) is 12.2 Å². The van der Waals surface area contributed by atoms with Gasteiger partial charge in [-0.15, -0.1) is 18.3 Å². The van der Waals surface area contributed by atoms with E-state index in [0.29, 0.717) is 0 Å². The third-order valence-electron chi connectivity index (χ3n) is 1.39. The van der Waals surface area contributed by atoms with Gasteiger partial charge < -0.3 is 4.42 Å². The lowest BCUT2D eigenvalue weighted by Gasteiger charge is -1.94. The predicted octanol–water partition coefficient (Wildman–Crippen LogP) is 3.26. The molecule has 1 aromatic rings. The van der Waals surface area contributed by atoms with Gasteiger partial charge in [-0.3, -0.25) is 0 Å². The number of allylic oxidation sites excluding steroid dienone is 1. The van der Waals surface area contributed by atoms with Crippen molar-refractivity contribution in [3.8, 4) is 0 Å². The minimum Gasteiger partial charge on any atom is -0.468 e. The molecule has 0 aliphatic heterocycles. The first-order chi connectivity index (χ1) is 5.34. The zero-order chi connectivity index (χ0) is 8.10. The molecule has 60 valence electrons. The third-order valence-corrected chi connectivity index (χ3v) is 2.57. The van der Waals surface area contributed by atoms with E-state index in [9.17, 15) is 0 Å². The Morgan fingerprint density at radius 3 is 3.09 bits per heavy atom. The van der Waals surface area contributed by atoms with E-state index in [-0.39, 0.29) is 0 Å². The van der Waals surface area contributed by atoms with Gasteiger partial charge in [0.1, 0.15) is 5.76 Å². The maximum atomic E-state index is 5.15. The average molecular weight is 168 g/mol.